The molecule has 0 fully saturated rings. The van der Waals surface area contributed by atoms with E-state index < -0.39 is 5.41 Å². The Labute approximate surface area is 126 Å². The van der Waals surface area contributed by atoms with Crippen LogP contribution in [0, 0.1) is 0 Å². The SMILES string of the molecule is CCC(CC)(C(=O)c1ccccc1OC)c1ccccc1. The molecule has 0 heterocycles. The molecule has 0 atom stereocenters. The summed E-state index contributed by atoms with van der Waals surface area (Å²) < 4.78 is 5.37. The third-order valence-corrected chi connectivity index (χ3v) is 4.32. The van der Waals surface area contributed by atoms with Gasteiger partial charge in [-0.2, -0.15) is 0 Å². The van der Waals surface area contributed by atoms with E-state index in [2.05, 4.69) is 13.8 Å². The highest BCUT2D eigenvalue weighted by Crippen LogP contribution is 2.37. The molecule has 0 unspecified atom stereocenters. The zero-order chi connectivity index (χ0) is 15.3. The molecule has 110 valence electrons. The fourth-order valence-corrected chi connectivity index (χ4v) is 2.96. The second kappa shape index (κ2) is 6.57. The summed E-state index contributed by atoms with van der Waals surface area (Å²) in [5.41, 5.74) is 1.24. The maximum absolute atomic E-state index is 13.2. The Morgan fingerprint density at radius 1 is 0.952 bits per heavy atom. The minimum Gasteiger partial charge on any atom is -0.496 e. The van der Waals surface area contributed by atoms with Crippen molar-refractivity contribution in [3.63, 3.8) is 0 Å². The Morgan fingerprint density at radius 3 is 2.10 bits per heavy atom. The molecule has 2 heteroatoms. The normalized spacial score (nSPS) is 11.2. The summed E-state index contributed by atoms with van der Waals surface area (Å²) in [5.74, 6) is 0.779. The van der Waals surface area contributed by atoms with Crippen molar-refractivity contribution in [1.29, 1.82) is 0 Å². The Morgan fingerprint density at radius 2 is 1.52 bits per heavy atom. The van der Waals surface area contributed by atoms with Gasteiger partial charge in [0.15, 0.2) is 5.78 Å². The van der Waals surface area contributed by atoms with E-state index in [9.17, 15) is 4.79 Å². The molecule has 2 aromatic rings. The van der Waals surface area contributed by atoms with Crippen molar-refractivity contribution < 1.29 is 9.53 Å². The topological polar surface area (TPSA) is 26.3 Å². The van der Waals surface area contributed by atoms with Gasteiger partial charge in [0.2, 0.25) is 0 Å². The number of benzene rings is 2. The van der Waals surface area contributed by atoms with Gasteiger partial charge < -0.3 is 4.74 Å². The Balaban J connectivity index is 2.55. The molecule has 0 bridgehead atoms. The van der Waals surface area contributed by atoms with Crippen LogP contribution in [0.2, 0.25) is 0 Å². The van der Waals surface area contributed by atoms with Gasteiger partial charge in [-0.1, -0.05) is 56.3 Å². The summed E-state index contributed by atoms with van der Waals surface area (Å²) in [4.78, 5) is 13.2. The molecule has 0 saturated carbocycles. The van der Waals surface area contributed by atoms with E-state index in [1.54, 1.807) is 7.11 Å². The molecular weight excluding hydrogens is 260 g/mol. The molecular formula is C19H22O2. The van der Waals surface area contributed by atoms with Crippen LogP contribution in [-0.4, -0.2) is 12.9 Å². The highest BCUT2D eigenvalue weighted by atomic mass is 16.5. The van der Waals surface area contributed by atoms with E-state index in [1.165, 1.54) is 0 Å². The van der Waals surface area contributed by atoms with Crippen molar-refractivity contribution in [2.24, 2.45) is 0 Å². The minimum atomic E-state index is -0.490. The Kier molecular flexibility index (Phi) is 4.79. The molecule has 0 amide bonds. The van der Waals surface area contributed by atoms with E-state index in [0.717, 1.165) is 18.4 Å². The largest absolute Gasteiger partial charge is 0.496 e. The molecule has 2 rings (SSSR count). The summed E-state index contributed by atoms with van der Waals surface area (Å²) in [7, 11) is 1.61. The highest BCUT2D eigenvalue weighted by molar-refractivity contribution is 6.06. The van der Waals surface area contributed by atoms with Crippen LogP contribution >= 0.6 is 0 Å². The van der Waals surface area contributed by atoms with Gasteiger partial charge in [-0.3, -0.25) is 4.79 Å². The highest BCUT2D eigenvalue weighted by Gasteiger charge is 2.38. The number of ether oxygens (including phenoxy) is 1. The van der Waals surface area contributed by atoms with Crippen molar-refractivity contribution in [3.8, 4) is 5.75 Å². The van der Waals surface area contributed by atoms with Gasteiger partial charge in [0, 0.05) is 0 Å². The van der Waals surface area contributed by atoms with Crippen molar-refractivity contribution in [2.45, 2.75) is 32.1 Å². The number of carbonyl (C=O) groups is 1. The zero-order valence-electron chi connectivity index (χ0n) is 12.9. The van der Waals surface area contributed by atoms with Crippen molar-refractivity contribution in [2.75, 3.05) is 7.11 Å². The lowest BCUT2D eigenvalue weighted by molar-refractivity contribution is 0.0869. The predicted octanol–water partition coefficient (Wildman–Crippen LogP) is 4.64. The smallest absolute Gasteiger partial charge is 0.177 e. The number of ketones is 1. The fourth-order valence-electron chi connectivity index (χ4n) is 2.96. The van der Waals surface area contributed by atoms with E-state index in [1.807, 2.05) is 54.6 Å². The van der Waals surface area contributed by atoms with E-state index in [-0.39, 0.29) is 5.78 Å². The maximum atomic E-state index is 13.2. The molecule has 0 aromatic heterocycles. The third kappa shape index (κ3) is 2.71. The lowest BCUT2D eigenvalue weighted by Gasteiger charge is -2.31. The van der Waals surface area contributed by atoms with Gasteiger partial charge in [0.25, 0.3) is 0 Å². The van der Waals surface area contributed by atoms with Gasteiger partial charge in [0.1, 0.15) is 5.75 Å². The van der Waals surface area contributed by atoms with Crippen LogP contribution in [0.5, 0.6) is 5.75 Å². The summed E-state index contributed by atoms with van der Waals surface area (Å²) in [5, 5.41) is 0. The van der Waals surface area contributed by atoms with Crippen molar-refractivity contribution in [1.82, 2.24) is 0 Å². The van der Waals surface area contributed by atoms with Crippen LogP contribution in [0.25, 0.3) is 0 Å². The van der Waals surface area contributed by atoms with Gasteiger partial charge >= 0.3 is 0 Å². The van der Waals surface area contributed by atoms with Crippen LogP contribution < -0.4 is 4.74 Å². The Hall–Kier alpha value is -2.09. The summed E-state index contributed by atoms with van der Waals surface area (Å²) >= 11 is 0. The average molecular weight is 282 g/mol. The van der Waals surface area contributed by atoms with Gasteiger partial charge in [0.05, 0.1) is 18.1 Å². The Bertz CT molecular complexity index is 598. The quantitative estimate of drug-likeness (QED) is 0.722. The van der Waals surface area contributed by atoms with Crippen LogP contribution in [0.4, 0.5) is 0 Å². The first-order chi connectivity index (χ1) is 10.2. The molecule has 2 nitrogen and oxygen atoms in total. The molecule has 0 aliphatic rings. The van der Waals surface area contributed by atoms with E-state index in [4.69, 9.17) is 4.74 Å². The number of methoxy groups -OCH3 is 1. The third-order valence-electron chi connectivity index (χ3n) is 4.32. The first-order valence-corrected chi connectivity index (χ1v) is 7.43. The van der Waals surface area contributed by atoms with Crippen LogP contribution in [-0.2, 0) is 5.41 Å². The zero-order valence-corrected chi connectivity index (χ0v) is 12.9. The number of rotatable bonds is 6. The summed E-state index contributed by atoms with van der Waals surface area (Å²) in [6.45, 7) is 4.15. The standard InChI is InChI=1S/C19H22O2/c1-4-19(5-2,15-11-7-6-8-12-15)18(20)16-13-9-10-14-17(16)21-3/h6-14H,4-5H2,1-3H3. The molecule has 0 aliphatic heterocycles. The van der Waals surface area contributed by atoms with Crippen LogP contribution in [0.15, 0.2) is 54.6 Å². The molecule has 21 heavy (non-hydrogen) atoms. The molecule has 0 N–H and O–H groups in total. The van der Waals surface area contributed by atoms with E-state index in [0.29, 0.717) is 11.3 Å². The number of hydrogen-bond donors (Lipinski definition) is 0. The number of hydrogen-bond acceptors (Lipinski definition) is 2. The second-order valence-electron chi connectivity index (χ2n) is 5.18. The van der Waals surface area contributed by atoms with Gasteiger partial charge in [-0.05, 0) is 30.5 Å². The number of Topliss-reactive ketones (excluding diaryl/α,β-unsaturated/α-hetero) is 1. The molecule has 0 saturated heterocycles. The predicted molar refractivity (Wildman–Crippen MR) is 86.0 cm³/mol. The fraction of sp³-hybridized carbons (Fsp3) is 0.316. The molecule has 2 aromatic carbocycles. The van der Waals surface area contributed by atoms with E-state index >= 15 is 0 Å². The first-order valence-electron chi connectivity index (χ1n) is 7.43. The van der Waals surface area contributed by atoms with Gasteiger partial charge in [-0.25, -0.2) is 0 Å². The maximum Gasteiger partial charge on any atom is 0.177 e. The molecule has 0 radical (unpaired) electrons. The van der Waals surface area contributed by atoms with Crippen LogP contribution in [0.1, 0.15) is 42.6 Å². The molecule has 0 aliphatic carbocycles. The average Bonchev–Trinajstić information content (AvgIpc) is 2.57. The van der Waals surface area contributed by atoms with Gasteiger partial charge in [-0.15, -0.1) is 0 Å². The monoisotopic (exact) mass is 282 g/mol. The summed E-state index contributed by atoms with van der Waals surface area (Å²) in [6, 6.07) is 17.5. The van der Waals surface area contributed by atoms with Crippen molar-refractivity contribution in [3.05, 3.63) is 65.7 Å². The minimum absolute atomic E-state index is 0.135. The molecule has 0 spiro atoms. The van der Waals surface area contributed by atoms with Crippen LogP contribution in [0.3, 0.4) is 0 Å². The summed E-state index contributed by atoms with van der Waals surface area (Å²) in [6.07, 6.45) is 1.54. The second-order valence-corrected chi connectivity index (χ2v) is 5.18. The number of carbonyl (C=O) groups excluding carboxylic acids is 1. The van der Waals surface area contributed by atoms with Crippen molar-refractivity contribution >= 4 is 5.78 Å². The first kappa shape index (κ1) is 15.3. The lowest BCUT2D eigenvalue weighted by Crippen LogP contribution is -2.35. The number of para-hydroxylation sites is 1. The lowest BCUT2D eigenvalue weighted by atomic mass is 9.70.